The molecule has 0 aliphatic heterocycles. The summed E-state index contributed by atoms with van der Waals surface area (Å²) in [5, 5.41) is 6.80. The van der Waals surface area contributed by atoms with Crippen molar-refractivity contribution < 1.29 is 0 Å². The van der Waals surface area contributed by atoms with E-state index in [2.05, 4.69) is 26.3 Å². The van der Waals surface area contributed by atoms with Crippen LogP contribution in [0.15, 0.2) is 61.1 Å². The molecule has 0 spiro atoms. The van der Waals surface area contributed by atoms with Gasteiger partial charge in [0.25, 0.3) is 0 Å². The van der Waals surface area contributed by atoms with Crippen molar-refractivity contribution in [2.75, 3.05) is 5.32 Å². The third-order valence-electron chi connectivity index (χ3n) is 4.40. The third-order valence-corrected chi connectivity index (χ3v) is 4.40. The molecule has 120 valence electrons. The summed E-state index contributed by atoms with van der Waals surface area (Å²) in [4.78, 5) is 16.9. The Labute approximate surface area is 143 Å². The molecule has 0 radical (unpaired) electrons. The van der Waals surface area contributed by atoms with Gasteiger partial charge in [-0.25, -0.2) is 4.98 Å². The average Bonchev–Trinajstić information content (AvgIpc) is 3.02. The number of fused-ring (bicyclic) bond motifs is 5. The summed E-state index contributed by atoms with van der Waals surface area (Å²) < 4.78 is 0. The molecule has 4 aromatic heterocycles. The maximum atomic E-state index is 4.84. The summed E-state index contributed by atoms with van der Waals surface area (Å²) in [6.45, 7) is 1.98. The number of rotatable bonds is 2. The Hall–Kier alpha value is -3.47. The van der Waals surface area contributed by atoms with Crippen LogP contribution in [0.4, 0.5) is 11.5 Å². The van der Waals surface area contributed by atoms with Gasteiger partial charge in [0.15, 0.2) is 5.82 Å². The molecule has 25 heavy (non-hydrogen) atoms. The Kier molecular flexibility index (Phi) is 2.94. The van der Waals surface area contributed by atoms with Gasteiger partial charge in [0.05, 0.1) is 11.0 Å². The number of nitrogens with one attached hydrogen (secondary N) is 2. The molecule has 0 bridgehead atoms. The van der Waals surface area contributed by atoms with Gasteiger partial charge in [-0.1, -0.05) is 18.2 Å². The van der Waals surface area contributed by atoms with Gasteiger partial charge in [0, 0.05) is 51.6 Å². The number of aromatic amines is 1. The summed E-state index contributed by atoms with van der Waals surface area (Å²) in [5.74, 6) is 0.801. The minimum Gasteiger partial charge on any atom is -0.351 e. The molecule has 5 nitrogen and oxygen atoms in total. The first-order valence-corrected chi connectivity index (χ1v) is 8.13. The normalized spacial score (nSPS) is 11.4. The summed E-state index contributed by atoms with van der Waals surface area (Å²) in [6.07, 6.45) is 5.50. The van der Waals surface area contributed by atoms with Crippen LogP contribution in [0.2, 0.25) is 0 Å². The van der Waals surface area contributed by atoms with Crippen molar-refractivity contribution >= 4 is 44.2 Å². The van der Waals surface area contributed by atoms with Gasteiger partial charge in [-0.3, -0.25) is 9.97 Å². The Morgan fingerprint density at radius 2 is 1.92 bits per heavy atom. The van der Waals surface area contributed by atoms with Gasteiger partial charge in [0.1, 0.15) is 0 Å². The molecule has 4 heterocycles. The fourth-order valence-corrected chi connectivity index (χ4v) is 3.30. The maximum Gasteiger partial charge on any atom is 0.155 e. The van der Waals surface area contributed by atoms with E-state index in [0.717, 1.165) is 49.9 Å². The fraction of sp³-hybridized carbons (Fsp3) is 0.0500. The number of nitrogens with zero attached hydrogens (tertiary/aromatic N) is 3. The molecule has 0 saturated carbocycles. The predicted octanol–water partition coefficient (Wildman–Crippen LogP) is 4.71. The highest BCUT2D eigenvalue weighted by Crippen LogP contribution is 2.35. The third kappa shape index (κ3) is 2.21. The molecule has 0 aliphatic rings. The van der Waals surface area contributed by atoms with E-state index >= 15 is 0 Å². The van der Waals surface area contributed by atoms with E-state index in [0.29, 0.717) is 0 Å². The lowest BCUT2D eigenvalue weighted by Crippen LogP contribution is -1.96. The lowest BCUT2D eigenvalue weighted by Gasteiger charge is -2.09. The van der Waals surface area contributed by atoms with E-state index in [1.807, 2.05) is 49.5 Å². The monoisotopic (exact) mass is 325 g/mol. The quantitative estimate of drug-likeness (QED) is 0.493. The van der Waals surface area contributed by atoms with Crippen LogP contribution in [-0.2, 0) is 0 Å². The Morgan fingerprint density at radius 3 is 2.84 bits per heavy atom. The molecular weight excluding hydrogens is 310 g/mol. The molecule has 1 aromatic carbocycles. The van der Waals surface area contributed by atoms with Gasteiger partial charge in [0.2, 0.25) is 0 Å². The van der Waals surface area contributed by atoms with E-state index in [9.17, 15) is 0 Å². The number of anilines is 2. The molecule has 5 heteroatoms. The van der Waals surface area contributed by atoms with Crippen molar-refractivity contribution in [2.24, 2.45) is 0 Å². The zero-order valence-corrected chi connectivity index (χ0v) is 13.6. The van der Waals surface area contributed by atoms with Crippen molar-refractivity contribution in [1.29, 1.82) is 0 Å². The second kappa shape index (κ2) is 5.27. The second-order valence-electron chi connectivity index (χ2n) is 6.08. The van der Waals surface area contributed by atoms with Crippen molar-refractivity contribution in [3.8, 4) is 0 Å². The number of aromatic nitrogens is 4. The SMILES string of the molecule is Cc1cc(Nc2nc3ccccc3c3c2[nH]c2ccncc23)ccn1. The average molecular weight is 325 g/mol. The molecule has 0 unspecified atom stereocenters. The van der Waals surface area contributed by atoms with Gasteiger partial charge < -0.3 is 10.3 Å². The summed E-state index contributed by atoms with van der Waals surface area (Å²) >= 11 is 0. The number of benzene rings is 1. The Bertz CT molecular complexity index is 1240. The van der Waals surface area contributed by atoms with Gasteiger partial charge >= 0.3 is 0 Å². The Morgan fingerprint density at radius 1 is 1.00 bits per heavy atom. The van der Waals surface area contributed by atoms with E-state index < -0.39 is 0 Å². The first-order chi connectivity index (χ1) is 12.3. The molecule has 5 aromatic rings. The van der Waals surface area contributed by atoms with Crippen molar-refractivity contribution in [3.05, 3.63) is 66.7 Å². The number of pyridine rings is 3. The summed E-state index contributed by atoms with van der Waals surface area (Å²) in [5.41, 5.74) is 4.91. The number of hydrogen-bond acceptors (Lipinski definition) is 4. The van der Waals surface area contributed by atoms with Crippen molar-refractivity contribution in [1.82, 2.24) is 19.9 Å². The predicted molar refractivity (Wildman–Crippen MR) is 101 cm³/mol. The van der Waals surface area contributed by atoms with Crippen LogP contribution in [0.1, 0.15) is 5.69 Å². The highest BCUT2D eigenvalue weighted by atomic mass is 15.0. The van der Waals surface area contributed by atoms with Crippen LogP contribution in [0.25, 0.3) is 32.7 Å². The smallest absolute Gasteiger partial charge is 0.155 e. The Balaban J connectivity index is 1.85. The fourth-order valence-electron chi connectivity index (χ4n) is 3.30. The van der Waals surface area contributed by atoms with E-state index in [4.69, 9.17) is 4.98 Å². The van der Waals surface area contributed by atoms with Crippen LogP contribution in [0, 0.1) is 6.92 Å². The van der Waals surface area contributed by atoms with Crippen LogP contribution < -0.4 is 5.32 Å². The largest absolute Gasteiger partial charge is 0.351 e. The highest BCUT2D eigenvalue weighted by molar-refractivity contribution is 6.21. The van der Waals surface area contributed by atoms with Crippen LogP contribution in [0.3, 0.4) is 0 Å². The standard InChI is InChI=1S/C20H15N5/c1-12-10-13(6-9-22-12)23-20-19-18(14-4-2-3-5-16(14)25-20)15-11-21-8-7-17(15)24-19/h2-11,24H,1H3,(H,22,23,25). The van der Waals surface area contributed by atoms with Crippen LogP contribution in [0.5, 0.6) is 0 Å². The molecule has 0 saturated heterocycles. The lowest BCUT2D eigenvalue weighted by atomic mass is 10.1. The molecule has 0 fully saturated rings. The zero-order valence-electron chi connectivity index (χ0n) is 13.6. The topological polar surface area (TPSA) is 66.5 Å². The van der Waals surface area contributed by atoms with Crippen molar-refractivity contribution in [2.45, 2.75) is 6.92 Å². The minimum atomic E-state index is 0.801. The minimum absolute atomic E-state index is 0.801. The number of hydrogen-bond donors (Lipinski definition) is 2. The number of aryl methyl sites for hydroxylation is 1. The molecule has 5 rings (SSSR count). The first-order valence-electron chi connectivity index (χ1n) is 8.13. The molecule has 0 aliphatic carbocycles. The van der Waals surface area contributed by atoms with E-state index in [1.165, 1.54) is 0 Å². The van der Waals surface area contributed by atoms with E-state index in [-0.39, 0.29) is 0 Å². The van der Waals surface area contributed by atoms with Crippen molar-refractivity contribution in [3.63, 3.8) is 0 Å². The number of para-hydroxylation sites is 1. The van der Waals surface area contributed by atoms with Gasteiger partial charge in [-0.2, -0.15) is 0 Å². The van der Waals surface area contributed by atoms with E-state index in [1.54, 1.807) is 12.4 Å². The van der Waals surface area contributed by atoms with Crippen LogP contribution in [-0.4, -0.2) is 19.9 Å². The lowest BCUT2D eigenvalue weighted by molar-refractivity contribution is 1.20. The van der Waals surface area contributed by atoms with Gasteiger partial charge in [-0.15, -0.1) is 0 Å². The first kappa shape index (κ1) is 13.9. The maximum absolute atomic E-state index is 4.84. The molecule has 0 atom stereocenters. The van der Waals surface area contributed by atoms with Gasteiger partial charge in [-0.05, 0) is 31.2 Å². The highest BCUT2D eigenvalue weighted by Gasteiger charge is 2.14. The second-order valence-corrected chi connectivity index (χ2v) is 6.08. The molecular formula is C20H15N5. The number of H-pyrrole nitrogens is 1. The zero-order chi connectivity index (χ0) is 16.8. The molecule has 0 amide bonds. The molecule has 2 N–H and O–H groups in total. The van der Waals surface area contributed by atoms with Crippen LogP contribution >= 0.6 is 0 Å². The summed E-state index contributed by atoms with van der Waals surface area (Å²) in [7, 11) is 0. The summed E-state index contributed by atoms with van der Waals surface area (Å²) in [6, 6.07) is 14.1.